The summed E-state index contributed by atoms with van der Waals surface area (Å²) in [5.41, 5.74) is 0. The van der Waals surface area contributed by atoms with Gasteiger partial charge in [-0.1, -0.05) is 6.07 Å². The van der Waals surface area contributed by atoms with Gasteiger partial charge in [0.05, 0.1) is 12.6 Å². The van der Waals surface area contributed by atoms with Gasteiger partial charge in [0.25, 0.3) is 0 Å². The lowest BCUT2D eigenvalue weighted by Crippen LogP contribution is -2.46. The molecule has 23 heavy (non-hydrogen) atoms. The fourth-order valence-electron chi connectivity index (χ4n) is 3.05. The quantitative estimate of drug-likeness (QED) is 0.788. The molecule has 3 rings (SSSR count). The Hall–Kier alpha value is -0.620. The van der Waals surface area contributed by atoms with Gasteiger partial charge < -0.3 is 10.6 Å². The predicted octanol–water partition coefficient (Wildman–Crippen LogP) is 2.81. The molecule has 6 heteroatoms. The third-order valence-corrected chi connectivity index (χ3v) is 5.75. The fraction of sp³-hybridized carbons (Fsp3) is 0.706. The maximum absolute atomic E-state index is 12.2. The van der Waals surface area contributed by atoms with Crippen LogP contribution in [0.15, 0.2) is 17.5 Å². The zero-order valence-electron chi connectivity index (χ0n) is 13.8. The number of amides is 1. The first-order chi connectivity index (χ1) is 10.7. The second-order valence-electron chi connectivity index (χ2n) is 6.71. The van der Waals surface area contributed by atoms with Gasteiger partial charge in [-0.25, -0.2) is 0 Å². The number of rotatable bonds is 7. The maximum atomic E-state index is 12.2. The SMILES string of the molecule is CC(NC(=O)CN1CCC(NCC2CC2)CC1)c1cccs1.Cl. The van der Waals surface area contributed by atoms with Gasteiger partial charge in [0.1, 0.15) is 0 Å². The highest BCUT2D eigenvalue weighted by Crippen LogP contribution is 2.28. The van der Waals surface area contributed by atoms with E-state index in [2.05, 4.69) is 33.9 Å². The molecule has 1 atom stereocenters. The molecule has 130 valence electrons. The van der Waals surface area contributed by atoms with E-state index in [0.717, 1.165) is 19.0 Å². The number of likely N-dealkylation sites (tertiary alicyclic amines) is 1. The van der Waals surface area contributed by atoms with Gasteiger partial charge in [0.15, 0.2) is 0 Å². The van der Waals surface area contributed by atoms with E-state index in [4.69, 9.17) is 0 Å². The zero-order valence-corrected chi connectivity index (χ0v) is 15.4. The summed E-state index contributed by atoms with van der Waals surface area (Å²) in [7, 11) is 0. The normalized spacial score (nSPS) is 20.7. The Bertz CT molecular complexity index is 470. The largest absolute Gasteiger partial charge is 0.348 e. The van der Waals surface area contributed by atoms with Gasteiger partial charge in [0, 0.05) is 24.0 Å². The summed E-state index contributed by atoms with van der Waals surface area (Å²) < 4.78 is 0. The minimum atomic E-state index is 0. The van der Waals surface area contributed by atoms with Gasteiger partial charge in [0.2, 0.25) is 5.91 Å². The number of nitrogens with zero attached hydrogens (tertiary/aromatic N) is 1. The molecule has 2 N–H and O–H groups in total. The Morgan fingerprint density at radius 3 is 2.70 bits per heavy atom. The molecule has 2 heterocycles. The average Bonchev–Trinajstić information content (AvgIpc) is 3.17. The molecule has 2 fully saturated rings. The van der Waals surface area contributed by atoms with Crippen molar-refractivity contribution < 1.29 is 4.79 Å². The van der Waals surface area contributed by atoms with Crippen molar-refractivity contribution >= 4 is 29.7 Å². The number of halogens is 1. The standard InChI is InChI=1S/C17H27N3OS.ClH/c1-13(16-3-2-10-22-16)19-17(21)12-20-8-6-15(7-9-20)18-11-14-4-5-14;/h2-3,10,13-15,18H,4-9,11-12H2,1H3,(H,19,21);1H. The highest BCUT2D eigenvalue weighted by molar-refractivity contribution is 7.10. The van der Waals surface area contributed by atoms with Crippen molar-refractivity contribution in [3.8, 4) is 0 Å². The molecule has 0 radical (unpaired) electrons. The van der Waals surface area contributed by atoms with Crippen LogP contribution in [0.5, 0.6) is 0 Å². The first-order valence-electron chi connectivity index (χ1n) is 8.49. The number of thiophene rings is 1. The average molecular weight is 358 g/mol. The lowest BCUT2D eigenvalue weighted by molar-refractivity contribution is -0.123. The van der Waals surface area contributed by atoms with Crippen molar-refractivity contribution in [1.82, 2.24) is 15.5 Å². The molecule has 0 bridgehead atoms. The van der Waals surface area contributed by atoms with Crippen LogP contribution >= 0.6 is 23.7 Å². The van der Waals surface area contributed by atoms with Crippen LogP contribution < -0.4 is 10.6 Å². The second kappa shape index (κ2) is 9.02. The van der Waals surface area contributed by atoms with Crippen molar-refractivity contribution in [3.63, 3.8) is 0 Å². The summed E-state index contributed by atoms with van der Waals surface area (Å²) in [5, 5.41) is 8.84. The van der Waals surface area contributed by atoms with Crippen molar-refractivity contribution in [2.45, 2.75) is 44.7 Å². The molecule has 1 aliphatic carbocycles. The summed E-state index contributed by atoms with van der Waals surface area (Å²) >= 11 is 1.70. The molecular formula is C17H28ClN3OS. The molecule has 1 saturated carbocycles. The summed E-state index contributed by atoms with van der Waals surface area (Å²) in [6.07, 6.45) is 5.16. The maximum Gasteiger partial charge on any atom is 0.234 e. The van der Waals surface area contributed by atoms with E-state index in [-0.39, 0.29) is 24.4 Å². The van der Waals surface area contributed by atoms with Crippen molar-refractivity contribution in [2.24, 2.45) is 5.92 Å². The van der Waals surface area contributed by atoms with Crippen molar-refractivity contribution in [1.29, 1.82) is 0 Å². The number of piperidine rings is 1. The van der Waals surface area contributed by atoms with Crippen LogP contribution in [0.3, 0.4) is 0 Å². The first kappa shape index (κ1) is 18.7. The Kier molecular flexibility index (Phi) is 7.34. The van der Waals surface area contributed by atoms with Gasteiger partial charge in [-0.05, 0) is 56.5 Å². The molecule has 0 aromatic carbocycles. The Morgan fingerprint density at radius 2 is 2.09 bits per heavy atom. The van der Waals surface area contributed by atoms with E-state index in [1.165, 1.54) is 37.1 Å². The Morgan fingerprint density at radius 1 is 1.35 bits per heavy atom. The van der Waals surface area contributed by atoms with Gasteiger partial charge in [-0.3, -0.25) is 9.69 Å². The molecule has 2 aliphatic rings. The summed E-state index contributed by atoms with van der Waals surface area (Å²) in [4.78, 5) is 15.7. The van der Waals surface area contributed by atoms with Crippen LogP contribution in [0.25, 0.3) is 0 Å². The van der Waals surface area contributed by atoms with Crippen molar-refractivity contribution in [2.75, 3.05) is 26.2 Å². The molecule has 1 saturated heterocycles. The molecule has 1 amide bonds. The van der Waals surface area contributed by atoms with E-state index < -0.39 is 0 Å². The van der Waals surface area contributed by atoms with Crippen LogP contribution in [0.1, 0.15) is 43.5 Å². The second-order valence-corrected chi connectivity index (χ2v) is 7.69. The number of nitrogens with one attached hydrogen (secondary N) is 2. The molecule has 1 aromatic heterocycles. The van der Waals surface area contributed by atoms with Crippen LogP contribution in [-0.4, -0.2) is 43.0 Å². The molecule has 1 aliphatic heterocycles. The highest BCUT2D eigenvalue weighted by Gasteiger charge is 2.25. The van der Waals surface area contributed by atoms with Gasteiger partial charge >= 0.3 is 0 Å². The first-order valence-corrected chi connectivity index (χ1v) is 9.37. The third-order valence-electron chi connectivity index (χ3n) is 4.69. The van der Waals surface area contributed by atoms with Crippen LogP contribution in [0.4, 0.5) is 0 Å². The fourth-order valence-corrected chi connectivity index (χ4v) is 3.78. The lowest BCUT2D eigenvalue weighted by Gasteiger charge is -2.32. The van der Waals surface area contributed by atoms with E-state index in [1.54, 1.807) is 11.3 Å². The van der Waals surface area contributed by atoms with E-state index in [9.17, 15) is 4.79 Å². The summed E-state index contributed by atoms with van der Waals surface area (Å²) in [5.74, 6) is 1.09. The summed E-state index contributed by atoms with van der Waals surface area (Å²) in [6, 6.07) is 4.88. The van der Waals surface area contributed by atoms with E-state index in [0.29, 0.717) is 12.6 Å². The molecule has 1 unspecified atom stereocenters. The lowest BCUT2D eigenvalue weighted by atomic mass is 10.0. The predicted molar refractivity (Wildman–Crippen MR) is 98.3 cm³/mol. The number of hydrogen-bond donors (Lipinski definition) is 2. The number of carbonyl (C=O) groups is 1. The smallest absolute Gasteiger partial charge is 0.234 e. The zero-order chi connectivity index (χ0) is 15.4. The Labute approximate surface area is 149 Å². The molecular weight excluding hydrogens is 330 g/mol. The Balaban J connectivity index is 0.00000192. The minimum Gasteiger partial charge on any atom is -0.348 e. The van der Waals surface area contributed by atoms with E-state index >= 15 is 0 Å². The van der Waals surface area contributed by atoms with Crippen LogP contribution in [-0.2, 0) is 4.79 Å². The summed E-state index contributed by atoms with van der Waals surface area (Å²) in [6.45, 7) is 5.85. The highest BCUT2D eigenvalue weighted by atomic mass is 35.5. The molecule has 4 nitrogen and oxygen atoms in total. The number of carbonyl (C=O) groups excluding carboxylic acids is 1. The van der Waals surface area contributed by atoms with Crippen molar-refractivity contribution in [3.05, 3.63) is 22.4 Å². The minimum absolute atomic E-state index is 0. The topological polar surface area (TPSA) is 44.4 Å². The van der Waals surface area contributed by atoms with Gasteiger partial charge in [-0.15, -0.1) is 23.7 Å². The molecule has 0 spiro atoms. The van der Waals surface area contributed by atoms with E-state index in [1.807, 2.05) is 6.07 Å². The van der Waals surface area contributed by atoms with Crippen LogP contribution in [0, 0.1) is 5.92 Å². The molecule has 1 aromatic rings. The van der Waals surface area contributed by atoms with Crippen LogP contribution in [0.2, 0.25) is 0 Å². The van der Waals surface area contributed by atoms with Gasteiger partial charge in [-0.2, -0.15) is 0 Å². The monoisotopic (exact) mass is 357 g/mol. The number of hydrogen-bond acceptors (Lipinski definition) is 4. The third kappa shape index (κ3) is 6.07.